The van der Waals surface area contributed by atoms with Gasteiger partial charge in [0.25, 0.3) is 11.6 Å². The molecule has 0 bridgehead atoms. The maximum atomic E-state index is 13.9. The number of aryl methyl sites for hydroxylation is 1. The molecule has 13 nitrogen and oxygen atoms in total. The quantitative estimate of drug-likeness (QED) is 0.103. The van der Waals surface area contributed by atoms with Gasteiger partial charge in [0.2, 0.25) is 0 Å². The van der Waals surface area contributed by atoms with Crippen molar-refractivity contribution in [3.63, 3.8) is 0 Å². The summed E-state index contributed by atoms with van der Waals surface area (Å²) in [5.41, 5.74) is 6.83. The average Bonchev–Trinajstić information content (AvgIpc) is 3.83. The number of hydrogen-bond acceptors (Lipinski definition) is 9. The van der Waals surface area contributed by atoms with Crippen LogP contribution in [0.3, 0.4) is 0 Å². The Hall–Kier alpha value is -5.57. The summed E-state index contributed by atoms with van der Waals surface area (Å²) in [5.74, 6) is 0.0283. The molecule has 15 heteroatoms. The highest BCUT2D eigenvalue weighted by Crippen LogP contribution is 2.55. The second-order valence-electron chi connectivity index (χ2n) is 15.4. The van der Waals surface area contributed by atoms with Gasteiger partial charge in [0.05, 0.1) is 33.4 Å². The van der Waals surface area contributed by atoms with Gasteiger partial charge >= 0.3 is 0 Å². The lowest BCUT2D eigenvalue weighted by Gasteiger charge is -2.47. The first-order chi connectivity index (χ1) is 27.6. The molecule has 2 aliphatic carbocycles. The number of pyridine rings is 1. The van der Waals surface area contributed by atoms with E-state index in [4.69, 9.17) is 16.3 Å². The molecule has 2 N–H and O–H groups in total. The Labute approximate surface area is 336 Å². The molecular weight excluding hydrogens is 764 g/mol. The SMILES string of the molecule is Cn1cnc2c([N+](=O)[O-])cc(S(=O)NC(=O)c3ccc(N4CCN(CC5=C(c6ccc(Cl)cc6)CC6(CCC6)CC5)CC4)cc3Oc3cnc4[nH]ccc4c3)cc21. The van der Waals surface area contributed by atoms with Crippen LogP contribution in [0.1, 0.15) is 54.4 Å². The fraction of sp³-hybridized carbons (Fsp3) is 0.310. The Kier molecular flexibility index (Phi) is 9.79. The van der Waals surface area contributed by atoms with Gasteiger partial charge in [-0.05, 0) is 91.1 Å². The highest BCUT2D eigenvalue weighted by Gasteiger charge is 2.41. The van der Waals surface area contributed by atoms with Crippen molar-refractivity contribution in [3.8, 4) is 11.5 Å². The maximum Gasteiger partial charge on any atom is 0.298 e. The number of piperazine rings is 1. The molecule has 1 atom stereocenters. The monoisotopic (exact) mass is 804 g/mol. The van der Waals surface area contributed by atoms with Gasteiger partial charge in [0, 0.05) is 74.2 Å². The first-order valence-electron chi connectivity index (χ1n) is 19.1. The first kappa shape index (κ1) is 37.0. The number of nitro benzene ring substituents is 1. The number of nitrogens with one attached hydrogen (secondary N) is 2. The van der Waals surface area contributed by atoms with E-state index in [0.717, 1.165) is 61.7 Å². The zero-order valence-electron chi connectivity index (χ0n) is 31.4. The summed E-state index contributed by atoms with van der Waals surface area (Å²) in [6.45, 7) is 4.27. The highest BCUT2D eigenvalue weighted by atomic mass is 35.5. The maximum absolute atomic E-state index is 13.9. The molecule has 1 amide bonds. The number of halogens is 1. The second-order valence-corrected chi connectivity index (χ2v) is 17.0. The number of H-pyrrole nitrogens is 1. The fourth-order valence-electron chi connectivity index (χ4n) is 8.54. The van der Waals surface area contributed by atoms with Crippen LogP contribution in [0.15, 0.2) is 95.9 Å². The number of hydrogen-bond donors (Lipinski definition) is 2. The number of anilines is 1. The van der Waals surface area contributed by atoms with Gasteiger partial charge in [-0.25, -0.2) is 14.2 Å². The zero-order chi connectivity index (χ0) is 39.3. The van der Waals surface area contributed by atoms with Gasteiger partial charge in [-0.3, -0.25) is 24.5 Å². The second kappa shape index (κ2) is 15.1. The number of allylic oxidation sites excluding steroid dienone is 1. The number of carbonyl (C=O) groups excluding carboxylic acids is 1. The number of nitro groups is 1. The van der Waals surface area contributed by atoms with Gasteiger partial charge < -0.3 is 19.2 Å². The summed E-state index contributed by atoms with van der Waals surface area (Å²) in [4.78, 5) is 41.6. The Morgan fingerprint density at radius 1 is 1.04 bits per heavy atom. The van der Waals surface area contributed by atoms with Crippen LogP contribution in [-0.4, -0.2) is 72.2 Å². The Morgan fingerprint density at radius 2 is 1.84 bits per heavy atom. The lowest BCUT2D eigenvalue weighted by atomic mass is 9.59. The Morgan fingerprint density at radius 3 is 2.60 bits per heavy atom. The lowest BCUT2D eigenvalue weighted by Crippen LogP contribution is -2.47. The molecule has 2 fully saturated rings. The number of aromatic amines is 1. The Balaban J connectivity index is 0.949. The number of ether oxygens (including phenoxy) is 1. The van der Waals surface area contributed by atoms with E-state index in [-0.39, 0.29) is 27.4 Å². The van der Waals surface area contributed by atoms with E-state index in [9.17, 15) is 19.1 Å². The molecule has 0 radical (unpaired) electrons. The third kappa shape index (κ3) is 7.40. The predicted octanol–water partition coefficient (Wildman–Crippen LogP) is 8.19. The number of nitrogens with zero attached hydrogens (tertiary/aromatic N) is 6. The van der Waals surface area contributed by atoms with Gasteiger partial charge in [0.15, 0.2) is 16.5 Å². The number of rotatable bonds is 10. The number of fused-ring (bicyclic) bond motifs is 2. The molecule has 1 aliphatic heterocycles. The minimum absolute atomic E-state index is 0.0667. The van der Waals surface area contributed by atoms with Crippen molar-refractivity contribution in [2.45, 2.75) is 43.4 Å². The van der Waals surface area contributed by atoms with E-state index in [1.807, 2.05) is 36.4 Å². The predicted molar refractivity (Wildman–Crippen MR) is 221 cm³/mol. The van der Waals surface area contributed by atoms with Crippen LogP contribution in [0.4, 0.5) is 11.4 Å². The summed E-state index contributed by atoms with van der Waals surface area (Å²) in [5, 5.41) is 13.4. The van der Waals surface area contributed by atoms with Crippen LogP contribution < -0.4 is 14.4 Å². The van der Waals surface area contributed by atoms with Crippen molar-refractivity contribution in [1.29, 1.82) is 0 Å². The van der Waals surface area contributed by atoms with Crippen molar-refractivity contribution < 1.29 is 18.7 Å². The number of amides is 1. The molecule has 292 valence electrons. The van der Waals surface area contributed by atoms with Crippen molar-refractivity contribution in [2.75, 3.05) is 37.6 Å². The van der Waals surface area contributed by atoms with E-state index in [1.165, 1.54) is 60.9 Å². The molecule has 1 unspecified atom stereocenters. The van der Waals surface area contributed by atoms with Crippen molar-refractivity contribution >= 4 is 67.5 Å². The van der Waals surface area contributed by atoms with Gasteiger partial charge in [-0.15, -0.1) is 0 Å². The normalized spacial score (nSPS) is 17.5. The summed E-state index contributed by atoms with van der Waals surface area (Å²) in [7, 11) is -0.449. The lowest BCUT2D eigenvalue weighted by molar-refractivity contribution is -0.383. The van der Waals surface area contributed by atoms with E-state index in [0.29, 0.717) is 22.3 Å². The molecule has 9 rings (SSSR count). The molecule has 1 saturated heterocycles. The van der Waals surface area contributed by atoms with Crippen molar-refractivity contribution in [3.05, 3.63) is 117 Å². The van der Waals surface area contributed by atoms with E-state index < -0.39 is 21.8 Å². The number of carbonyl (C=O) groups is 1. The molecular formula is C42H41ClN8O5S. The van der Waals surface area contributed by atoms with Crippen LogP contribution in [0.25, 0.3) is 27.6 Å². The van der Waals surface area contributed by atoms with Crippen LogP contribution in [-0.2, 0) is 18.0 Å². The molecule has 3 aromatic carbocycles. The van der Waals surface area contributed by atoms with Crippen LogP contribution in [0.2, 0.25) is 5.02 Å². The van der Waals surface area contributed by atoms with Crippen molar-refractivity contribution in [2.24, 2.45) is 12.5 Å². The summed E-state index contributed by atoms with van der Waals surface area (Å²) < 4.78 is 24.1. The largest absolute Gasteiger partial charge is 0.455 e. The van der Waals surface area contributed by atoms with Crippen molar-refractivity contribution in [1.82, 2.24) is 29.1 Å². The van der Waals surface area contributed by atoms with E-state index in [1.54, 1.807) is 30.1 Å². The number of non-ortho nitro benzene ring substituents is 1. The molecule has 4 heterocycles. The smallest absolute Gasteiger partial charge is 0.298 e. The first-order valence-corrected chi connectivity index (χ1v) is 20.7. The van der Waals surface area contributed by atoms with Gasteiger partial charge in [-0.2, -0.15) is 0 Å². The Bertz CT molecular complexity index is 2590. The molecule has 1 saturated carbocycles. The minimum atomic E-state index is -2.13. The third-order valence-corrected chi connectivity index (χ3v) is 13.2. The van der Waals surface area contributed by atoms with Gasteiger partial charge in [0.1, 0.15) is 17.1 Å². The number of aromatic nitrogens is 4. The molecule has 6 aromatic rings. The number of imidazole rings is 1. The van der Waals surface area contributed by atoms with Crippen LogP contribution in [0, 0.1) is 15.5 Å². The standard InChI is InChI=1S/C42H41ClN8O5S/c1-48-26-46-39-36(48)21-33(22-37(39)51(53)54)57(55)47-41(52)34-8-7-31(20-38(34)56-32-19-28-10-14-44-40(28)45-24-32)50-17-15-49(16-18-50)25-29-9-13-42(11-2-12-42)23-35(29)27-3-5-30(43)6-4-27/h3-8,10,14,19-22,24,26H,2,9,11-13,15-18,23,25H2,1H3,(H,44,45)(H,47,52). The molecule has 57 heavy (non-hydrogen) atoms. The van der Waals surface area contributed by atoms with Crippen LogP contribution >= 0.6 is 11.6 Å². The van der Waals surface area contributed by atoms with E-state index >= 15 is 0 Å². The summed E-state index contributed by atoms with van der Waals surface area (Å²) in [6.07, 6.45) is 12.3. The topological polar surface area (TPSA) is 152 Å². The zero-order valence-corrected chi connectivity index (χ0v) is 32.9. The molecule has 3 aromatic heterocycles. The van der Waals surface area contributed by atoms with Gasteiger partial charge in [-0.1, -0.05) is 35.7 Å². The average molecular weight is 805 g/mol. The minimum Gasteiger partial charge on any atom is -0.455 e. The molecule has 1 spiro atoms. The van der Waals surface area contributed by atoms with Crippen LogP contribution in [0.5, 0.6) is 11.5 Å². The number of benzene rings is 3. The third-order valence-electron chi connectivity index (χ3n) is 11.9. The fourth-order valence-corrected chi connectivity index (χ4v) is 9.50. The van der Waals surface area contributed by atoms with E-state index in [2.05, 4.69) is 41.6 Å². The highest BCUT2D eigenvalue weighted by molar-refractivity contribution is 7.83. The summed E-state index contributed by atoms with van der Waals surface area (Å²) >= 11 is 6.27. The molecule has 3 aliphatic rings. The summed E-state index contributed by atoms with van der Waals surface area (Å²) in [6, 6.07) is 20.1.